The quantitative estimate of drug-likeness (QED) is 0.642. The van der Waals surface area contributed by atoms with E-state index in [-0.39, 0.29) is 12.0 Å². The van der Waals surface area contributed by atoms with Gasteiger partial charge in [-0.2, -0.15) is 0 Å². The van der Waals surface area contributed by atoms with Gasteiger partial charge < -0.3 is 20.3 Å². The van der Waals surface area contributed by atoms with Gasteiger partial charge >= 0.3 is 12.0 Å². The molecule has 0 saturated heterocycles. The second-order valence-corrected chi connectivity index (χ2v) is 6.67. The van der Waals surface area contributed by atoms with Crippen molar-refractivity contribution in [1.29, 1.82) is 0 Å². The Hall–Kier alpha value is -2.86. The summed E-state index contributed by atoms with van der Waals surface area (Å²) < 4.78 is 5.08. The molecule has 150 valence electrons. The van der Waals surface area contributed by atoms with Crippen LogP contribution in [0.4, 0.5) is 10.5 Å². The van der Waals surface area contributed by atoms with Crippen molar-refractivity contribution in [2.24, 2.45) is 0 Å². The molecule has 2 aromatic carbocycles. The topological polar surface area (TPSA) is 70.7 Å². The van der Waals surface area contributed by atoms with Gasteiger partial charge in [-0.3, -0.25) is 0 Å². The first-order chi connectivity index (χ1) is 13.5. The third kappa shape index (κ3) is 7.04. The molecule has 0 atom stereocenters. The molecule has 28 heavy (non-hydrogen) atoms. The zero-order valence-corrected chi connectivity index (χ0v) is 16.8. The van der Waals surface area contributed by atoms with Gasteiger partial charge in [0.2, 0.25) is 0 Å². The molecule has 6 nitrogen and oxygen atoms in total. The van der Waals surface area contributed by atoms with Crippen LogP contribution < -0.4 is 10.6 Å². The van der Waals surface area contributed by atoms with E-state index in [2.05, 4.69) is 41.6 Å². The van der Waals surface area contributed by atoms with Gasteiger partial charge in [0.05, 0.1) is 12.2 Å². The number of carbonyl (C=O) groups is 2. The van der Waals surface area contributed by atoms with Crippen LogP contribution in [0, 0.1) is 0 Å². The number of benzene rings is 2. The van der Waals surface area contributed by atoms with Gasteiger partial charge in [0.15, 0.2) is 0 Å². The molecule has 2 rings (SSSR count). The van der Waals surface area contributed by atoms with E-state index in [9.17, 15) is 9.59 Å². The van der Waals surface area contributed by atoms with Crippen molar-refractivity contribution in [3.8, 4) is 0 Å². The maximum absolute atomic E-state index is 12.1. The van der Waals surface area contributed by atoms with Crippen LogP contribution in [0.5, 0.6) is 0 Å². The normalized spacial score (nSPS) is 10.6. The molecule has 6 heteroatoms. The Morgan fingerprint density at radius 1 is 1.04 bits per heavy atom. The number of hydrogen-bond acceptors (Lipinski definition) is 4. The second-order valence-electron chi connectivity index (χ2n) is 6.67. The lowest BCUT2D eigenvalue weighted by Crippen LogP contribution is -2.28. The molecular weight excluding hydrogens is 354 g/mol. The predicted octanol–water partition coefficient (Wildman–Crippen LogP) is 4.03. The molecule has 0 spiro atoms. The number of rotatable bonds is 9. The highest BCUT2D eigenvalue weighted by Gasteiger charge is 2.08. The molecule has 0 saturated carbocycles. The number of carbonyl (C=O) groups excluding carboxylic acids is 2. The van der Waals surface area contributed by atoms with Crippen molar-refractivity contribution in [1.82, 2.24) is 10.2 Å². The number of esters is 1. The highest BCUT2D eigenvalue weighted by atomic mass is 16.5. The van der Waals surface area contributed by atoms with Gasteiger partial charge in [-0.15, -0.1) is 0 Å². The number of anilines is 1. The number of urea groups is 1. The predicted molar refractivity (Wildman–Crippen MR) is 111 cm³/mol. The Balaban J connectivity index is 1.84. The molecule has 2 N–H and O–H groups in total. The number of amides is 2. The van der Waals surface area contributed by atoms with E-state index in [0.717, 1.165) is 25.1 Å². The van der Waals surface area contributed by atoms with Crippen molar-refractivity contribution in [2.45, 2.75) is 33.4 Å². The summed E-state index contributed by atoms with van der Waals surface area (Å²) in [6.45, 7) is 6.77. The molecule has 0 heterocycles. The Kier molecular flexibility index (Phi) is 8.49. The minimum atomic E-state index is -0.355. The fraction of sp³-hybridized carbons (Fsp3) is 0.364. The van der Waals surface area contributed by atoms with Crippen LogP contribution in [0.3, 0.4) is 0 Å². The number of hydrogen-bond donors (Lipinski definition) is 2. The summed E-state index contributed by atoms with van der Waals surface area (Å²) >= 11 is 0. The molecule has 0 aromatic heterocycles. The standard InChI is InChI=1S/C22H29N3O3/c1-4-13-28-21(26)19-9-11-20(12-10-19)24-22(27)23-15-17-7-6-8-18(14-17)16-25(3)5-2/h6-12,14H,4-5,13,15-16H2,1-3H3,(H2,23,24,27). The molecule has 0 radical (unpaired) electrons. The highest BCUT2D eigenvalue weighted by Crippen LogP contribution is 2.11. The van der Waals surface area contributed by atoms with Gasteiger partial charge in [-0.1, -0.05) is 38.1 Å². The molecule has 0 aliphatic rings. The molecule has 0 unspecified atom stereocenters. The van der Waals surface area contributed by atoms with Crippen LogP contribution in [-0.4, -0.2) is 37.1 Å². The van der Waals surface area contributed by atoms with Crippen LogP contribution in [-0.2, 0) is 17.8 Å². The van der Waals surface area contributed by atoms with Crippen molar-refractivity contribution in [2.75, 3.05) is 25.5 Å². The average molecular weight is 383 g/mol. The second kappa shape index (κ2) is 11.1. The van der Waals surface area contributed by atoms with Crippen molar-refractivity contribution in [3.05, 3.63) is 65.2 Å². The van der Waals surface area contributed by atoms with Crippen LogP contribution in [0.25, 0.3) is 0 Å². The van der Waals surface area contributed by atoms with Crippen LogP contribution in [0.1, 0.15) is 41.8 Å². The third-order valence-corrected chi connectivity index (χ3v) is 4.25. The van der Waals surface area contributed by atoms with Gasteiger partial charge in [-0.25, -0.2) is 9.59 Å². The molecule has 2 amide bonds. The number of ether oxygens (including phenoxy) is 1. The zero-order valence-electron chi connectivity index (χ0n) is 16.8. The SMILES string of the molecule is CCCOC(=O)c1ccc(NC(=O)NCc2cccc(CN(C)CC)c2)cc1. The summed E-state index contributed by atoms with van der Waals surface area (Å²) in [5.41, 5.74) is 3.34. The smallest absolute Gasteiger partial charge is 0.338 e. The summed E-state index contributed by atoms with van der Waals surface area (Å²) in [5.74, 6) is -0.355. The maximum atomic E-state index is 12.1. The van der Waals surface area contributed by atoms with Crippen molar-refractivity contribution < 1.29 is 14.3 Å². The summed E-state index contributed by atoms with van der Waals surface area (Å²) in [7, 11) is 2.08. The van der Waals surface area contributed by atoms with Gasteiger partial charge in [-0.05, 0) is 55.4 Å². The molecule has 0 aliphatic carbocycles. The minimum absolute atomic E-state index is 0.294. The van der Waals surface area contributed by atoms with Gasteiger partial charge in [0.1, 0.15) is 0 Å². The lowest BCUT2D eigenvalue weighted by Gasteiger charge is -2.14. The maximum Gasteiger partial charge on any atom is 0.338 e. The monoisotopic (exact) mass is 383 g/mol. The fourth-order valence-electron chi connectivity index (χ4n) is 2.59. The molecular formula is C22H29N3O3. The first kappa shape index (κ1) is 21.4. The van der Waals surface area contributed by atoms with Crippen molar-refractivity contribution >= 4 is 17.7 Å². The third-order valence-electron chi connectivity index (χ3n) is 4.25. The summed E-state index contributed by atoms with van der Waals surface area (Å²) in [5, 5.41) is 5.62. The van der Waals surface area contributed by atoms with Crippen LogP contribution >= 0.6 is 0 Å². The molecule has 0 aliphatic heterocycles. The lowest BCUT2D eigenvalue weighted by atomic mass is 10.1. The van der Waals surface area contributed by atoms with E-state index in [0.29, 0.717) is 24.4 Å². The number of nitrogens with one attached hydrogen (secondary N) is 2. The molecule has 0 fully saturated rings. The van der Waals surface area contributed by atoms with Gasteiger partial charge in [0.25, 0.3) is 0 Å². The van der Waals surface area contributed by atoms with E-state index in [1.165, 1.54) is 5.56 Å². The Morgan fingerprint density at radius 2 is 1.75 bits per heavy atom. The highest BCUT2D eigenvalue weighted by molar-refractivity contribution is 5.92. The van der Waals surface area contributed by atoms with E-state index in [1.54, 1.807) is 24.3 Å². The average Bonchev–Trinajstić information content (AvgIpc) is 2.71. The van der Waals surface area contributed by atoms with E-state index < -0.39 is 0 Å². The van der Waals surface area contributed by atoms with Crippen LogP contribution in [0.15, 0.2) is 48.5 Å². The Bertz CT molecular complexity index is 775. The van der Waals surface area contributed by atoms with E-state index in [4.69, 9.17) is 4.74 Å². The molecule has 0 bridgehead atoms. The zero-order chi connectivity index (χ0) is 20.4. The van der Waals surface area contributed by atoms with E-state index >= 15 is 0 Å². The minimum Gasteiger partial charge on any atom is -0.462 e. The van der Waals surface area contributed by atoms with E-state index in [1.807, 2.05) is 19.1 Å². The fourth-order valence-corrected chi connectivity index (χ4v) is 2.59. The Labute approximate surface area is 166 Å². The summed E-state index contributed by atoms with van der Waals surface area (Å²) in [6.07, 6.45) is 0.782. The molecule has 2 aromatic rings. The first-order valence-corrected chi connectivity index (χ1v) is 9.60. The summed E-state index contributed by atoms with van der Waals surface area (Å²) in [4.78, 5) is 26.1. The lowest BCUT2D eigenvalue weighted by molar-refractivity contribution is 0.0505. The first-order valence-electron chi connectivity index (χ1n) is 9.60. The Morgan fingerprint density at radius 3 is 2.43 bits per heavy atom. The van der Waals surface area contributed by atoms with Crippen LogP contribution in [0.2, 0.25) is 0 Å². The van der Waals surface area contributed by atoms with Crippen molar-refractivity contribution in [3.63, 3.8) is 0 Å². The number of nitrogens with zero attached hydrogens (tertiary/aromatic N) is 1. The van der Waals surface area contributed by atoms with Gasteiger partial charge in [0, 0.05) is 18.8 Å². The summed E-state index contributed by atoms with van der Waals surface area (Å²) in [6, 6.07) is 14.5. The largest absolute Gasteiger partial charge is 0.462 e.